The Balaban J connectivity index is 5.33. The first-order valence-corrected chi connectivity index (χ1v) is 41.9. The normalized spacial score (nSPS) is 14.2. The van der Waals surface area contributed by atoms with E-state index in [1.54, 1.807) is 0 Å². The van der Waals surface area contributed by atoms with Crippen LogP contribution >= 0.6 is 15.6 Å². The monoisotopic (exact) mass is 1400 g/mol. The van der Waals surface area contributed by atoms with Crippen molar-refractivity contribution < 1.29 is 80.2 Å². The summed E-state index contributed by atoms with van der Waals surface area (Å²) in [6.45, 7) is 4.86. The molecule has 562 valence electrons. The number of carbonyl (C=O) groups excluding carboxylic acids is 4. The van der Waals surface area contributed by atoms with E-state index in [9.17, 15) is 43.2 Å². The van der Waals surface area contributed by atoms with Gasteiger partial charge in [0.15, 0.2) is 12.2 Å². The van der Waals surface area contributed by atoms with Crippen LogP contribution in [0.3, 0.4) is 0 Å². The second-order valence-electron chi connectivity index (χ2n) is 26.3. The molecule has 17 nitrogen and oxygen atoms in total. The molecule has 3 N–H and O–H groups in total. The minimum absolute atomic E-state index is 0.0885. The fourth-order valence-electron chi connectivity index (χ4n) is 10.8. The zero-order valence-corrected chi connectivity index (χ0v) is 63.1. The fourth-order valence-corrected chi connectivity index (χ4v) is 12.4. The van der Waals surface area contributed by atoms with Crippen LogP contribution in [-0.4, -0.2) is 96.7 Å². The molecule has 96 heavy (non-hydrogen) atoms. The van der Waals surface area contributed by atoms with E-state index >= 15 is 0 Å². The third kappa shape index (κ3) is 69.5. The van der Waals surface area contributed by atoms with Gasteiger partial charge in [0.05, 0.1) is 26.4 Å². The fraction of sp³-hybridized carbons (Fsp3) is 0.844. The van der Waals surface area contributed by atoms with E-state index in [-0.39, 0.29) is 25.7 Å². The summed E-state index contributed by atoms with van der Waals surface area (Å²) in [6.07, 6.45) is 66.6. The molecule has 19 heteroatoms. The molecule has 0 spiro atoms. The van der Waals surface area contributed by atoms with E-state index < -0.39 is 97.5 Å². The van der Waals surface area contributed by atoms with Crippen LogP contribution in [0.2, 0.25) is 0 Å². The molecule has 0 heterocycles. The van der Waals surface area contributed by atoms with Crippen LogP contribution in [0.5, 0.6) is 0 Å². The van der Waals surface area contributed by atoms with Crippen LogP contribution in [0.4, 0.5) is 0 Å². The number of aliphatic hydroxyl groups is 1. The van der Waals surface area contributed by atoms with E-state index in [1.807, 2.05) is 0 Å². The molecule has 0 aromatic carbocycles. The Kier molecular flexibility index (Phi) is 68.3. The van der Waals surface area contributed by atoms with E-state index in [1.165, 1.54) is 141 Å². The van der Waals surface area contributed by atoms with Crippen LogP contribution in [0.25, 0.3) is 0 Å². The van der Waals surface area contributed by atoms with Crippen molar-refractivity contribution >= 4 is 39.5 Å². The number of carbonyl (C=O) groups is 4. The molecule has 0 aliphatic carbocycles. The second-order valence-corrected chi connectivity index (χ2v) is 29.2. The smallest absolute Gasteiger partial charge is 0.462 e. The molecule has 5 atom stereocenters. The molecule has 0 amide bonds. The Bertz CT molecular complexity index is 2010. The van der Waals surface area contributed by atoms with Gasteiger partial charge in [0.1, 0.15) is 19.3 Å². The van der Waals surface area contributed by atoms with Crippen LogP contribution in [0.1, 0.15) is 362 Å². The van der Waals surface area contributed by atoms with Crippen LogP contribution < -0.4 is 0 Å². The average Bonchev–Trinajstić information content (AvgIpc) is 1.17. The van der Waals surface area contributed by atoms with Gasteiger partial charge in [0.2, 0.25) is 0 Å². The Morgan fingerprint density at radius 2 is 0.510 bits per heavy atom. The zero-order valence-electron chi connectivity index (χ0n) is 61.3. The van der Waals surface area contributed by atoms with Gasteiger partial charge in [-0.05, 0) is 103 Å². The number of phosphoric ester groups is 2. The van der Waals surface area contributed by atoms with Gasteiger partial charge >= 0.3 is 39.5 Å². The number of hydrogen-bond acceptors (Lipinski definition) is 15. The molecule has 0 aromatic rings. The third-order valence-corrected chi connectivity index (χ3v) is 18.7. The van der Waals surface area contributed by atoms with Gasteiger partial charge < -0.3 is 33.8 Å². The summed E-state index contributed by atoms with van der Waals surface area (Å²) in [7, 11) is -9.94. The Labute approximate surface area is 585 Å². The number of phosphoric acid groups is 2. The average molecular weight is 1400 g/mol. The van der Waals surface area contributed by atoms with E-state index in [0.717, 1.165) is 141 Å². The summed E-state index contributed by atoms with van der Waals surface area (Å²) in [4.78, 5) is 72.8. The third-order valence-electron chi connectivity index (χ3n) is 16.8. The number of esters is 4. The van der Waals surface area contributed by atoms with E-state index in [4.69, 9.17) is 37.0 Å². The second kappa shape index (κ2) is 70.5. The van der Waals surface area contributed by atoms with Gasteiger partial charge in [-0.15, -0.1) is 0 Å². The number of allylic oxidation sites excluding steroid dienone is 8. The van der Waals surface area contributed by atoms with E-state index in [0.29, 0.717) is 25.7 Å². The molecular formula is C77H142O17P2. The molecule has 0 aromatic heterocycles. The highest BCUT2D eigenvalue weighted by molar-refractivity contribution is 7.47. The predicted molar refractivity (Wildman–Crippen MR) is 390 cm³/mol. The highest BCUT2D eigenvalue weighted by Gasteiger charge is 2.30. The van der Waals surface area contributed by atoms with Crippen LogP contribution in [-0.2, 0) is 65.4 Å². The minimum atomic E-state index is -4.97. The molecule has 0 radical (unpaired) electrons. The van der Waals surface area contributed by atoms with Crippen LogP contribution in [0, 0.1) is 0 Å². The van der Waals surface area contributed by atoms with Gasteiger partial charge in [0.25, 0.3) is 0 Å². The maximum absolute atomic E-state index is 13.1. The summed E-state index contributed by atoms with van der Waals surface area (Å²) in [5, 5.41) is 10.6. The van der Waals surface area contributed by atoms with Gasteiger partial charge in [0, 0.05) is 25.7 Å². The molecule has 0 aliphatic rings. The standard InChI is InChI=1S/C77H142O17P2/c1-5-9-13-17-21-25-29-33-35-39-42-46-50-54-58-62-75(80)88-68-72(93-76(81)63-59-55-51-47-43-38-32-28-24-20-16-12-8-4)69-91-95(83,84)89-65-71(78)66-90-96(85,86)92-70-73(67-87-74(79)61-57-53-49-45-41-37-31-27-23-19-15-11-7-3)94-77(82)64-60-56-52-48-44-40-36-34-30-26-22-18-14-10-6-2/h25,27,29,31,33-36,71-73,78H,5-24,26,28,30,32,37-70H2,1-4H3,(H,83,84)(H,85,86)/b29-25-,31-27-,35-33-,36-34-/t71-,72-,73-/m1/s1. The van der Waals surface area contributed by atoms with Crippen molar-refractivity contribution in [3.05, 3.63) is 48.6 Å². The Morgan fingerprint density at radius 1 is 0.292 bits per heavy atom. The van der Waals surface area contributed by atoms with E-state index in [2.05, 4.69) is 76.3 Å². The molecule has 0 bridgehead atoms. The quantitative estimate of drug-likeness (QED) is 0.0128. The zero-order chi connectivity index (χ0) is 70.4. The van der Waals surface area contributed by atoms with Crippen molar-refractivity contribution in [1.29, 1.82) is 0 Å². The largest absolute Gasteiger partial charge is 0.472 e. The lowest BCUT2D eigenvalue weighted by Gasteiger charge is -2.21. The number of unbranched alkanes of at least 4 members (excludes halogenated alkanes) is 41. The molecule has 0 aliphatic heterocycles. The number of aliphatic hydroxyl groups excluding tert-OH is 1. The molecule has 0 fully saturated rings. The van der Waals surface area contributed by atoms with Gasteiger partial charge in [-0.2, -0.15) is 0 Å². The first-order valence-electron chi connectivity index (χ1n) is 38.9. The lowest BCUT2D eigenvalue weighted by Crippen LogP contribution is -2.30. The topological polar surface area (TPSA) is 237 Å². The summed E-state index contributed by atoms with van der Waals surface area (Å²) in [5.74, 6) is -2.18. The van der Waals surface area contributed by atoms with Crippen molar-refractivity contribution in [3.8, 4) is 0 Å². The number of hydrogen-bond donors (Lipinski definition) is 3. The lowest BCUT2D eigenvalue weighted by atomic mass is 10.0. The Morgan fingerprint density at radius 3 is 0.792 bits per heavy atom. The van der Waals surface area contributed by atoms with Crippen LogP contribution in [0.15, 0.2) is 48.6 Å². The molecule has 0 saturated carbocycles. The molecular weight excluding hydrogens is 1260 g/mol. The lowest BCUT2D eigenvalue weighted by molar-refractivity contribution is -0.161. The predicted octanol–water partition coefficient (Wildman–Crippen LogP) is 22.1. The van der Waals surface area contributed by atoms with Crippen molar-refractivity contribution in [2.75, 3.05) is 39.6 Å². The molecule has 0 saturated heterocycles. The summed E-state index contributed by atoms with van der Waals surface area (Å²) in [5.41, 5.74) is 0. The number of ether oxygens (including phenoxy) is 4. The van der Waals surface area contributed by atoms with Gasteiger partial charge in [-0.3, -0.25) is 37.3 Å². The maximum Gasteiger partial charge on any atom is 0.472 e. The number of rotatable bonds is 74. The minimum Gasteiger partial charge on any atom is -0.462 e. The summed E-state index contributed by atoms with van der Waals surface area (Å²) >= 11 is 0. The highest BCUT2D eigenvalue weighted by Crippen LogP contribution is 2.45. The van der Waals surface area contributed by atoms with Gasteiger partial charge in [-0.1, -0.05) is 282 Å². The SMILES string of the molecule is CCCCCC/C=C\C=C/CCCCCCCC(=O)OC[C@H](COP(=O)(O)OC[C@@H](O)COP(=O)(O)OC[C@@H](COC(=O)CCCCCCC/C=C\CCCCCC)OC(=O)CCCCCCC/C=C\CCCCCCCC)OC(=O)CCCCCCCCCCCCCCC. The van der Waals surface area contributed by atoms with Gasteiger partial charge in [-0.25, -0.2) is 9.13 Å². The van der Waals surface area contributed by atoms with Crippen molar-refractivity contribution in [2.45, 2.75) is 380 Å². The van der Waals surface area contributed by atoms with Crippen molar-refractivity contribution in [1.82, 2.24) is 0 Å². The molecule has 0 rings (SSSR count). The summed E-state index contributed by atoms with van der Waals surface area (Å²) < 4.78 is 68.5. The Hall–Kier alpha value is -2.98. The first kappa shape index (κ1) is 93.0. The highest BCUT2D eigenvalue weighted by atomic mass is 31.2. The molecule has 2 unspecified atom stereocenters. The maximum atomic E-state index is 13.1. The summed E-state index contributed by atoms with van der Waals surface area (Å²) in [6, 6.07) is 0. The first-order chi connectivity index (χ1) is 46.7. The van der Waals surface area contributed by atoms with Crippen molar-refractivity contribution in [2.24, 2.45) is 0 Å². The van der Waals surface area contributed by atoms with Crippen molar-refractivity contribution in [3.63, 3.8) is 0 Å².